The number of rotatable bonds is 12. The number of fused-ring (bicyclic) bond motifs is 1. The number of imide groups is 1. The number of benzene rings is 1. The van der Waals surface area contributed by atoms with Crippen molar-refractivity contribution in [3.63, 3.8) is 0 Å². The lowest BCUT2D eigenvalue weighted by molar-refractivity contribution is -0.147. The maximum absolute atomic E-state index is 13.4. The lowest BCUT2D eigenvalue weighted by Gasteiger charge is -2.39. The van der Waals surface area contributed by atoms with Crippen LogP contribution in [0.2, 0.25) is 0 Å². The number of ether oxygens (including phenoxy) is 3. The Balaban J connectivity index is 1.89. The van der Waals surface area contributed by atoms with Gasteiger partial charge in [0.1, 0.15) is 6.04 Å². The highest BCUT2D eigenvalue weighted by Crippen LogP contribution is 2.28. The number of hydrogen-bond acceptors (Lipinski definition) is 9. The van der Waals surface area contributed by atoms with E-state index in [1.807, 2.05) is 13.8 Å². The molecule has 4 atom stereocenters. The van der Waals surface area contributed by atoms with Crippen LogP contribution in [0.4, 0.5) is 0 Å². The number of methoxy groups -OCH3 is 1. The van der Waals surface area contributed by atoms with Crippen molar-refractivity contribution in [1.82, 2.24) is 15.5 Å². The summed E-state index contributed by atoms with van der Waals surface area (Å²) in [5, 5.41) is 5.60. The zero-order valence-corrected chi connectivity index (χ0v) is 23.9. The van der Waals surface area contributed by atoms with Gasteiger partial charge in [-0.25, -0.2) is 9.59 Å². The molecule has 222 valence electrons. The number of esters is 2. The maximum Gasteiger partial charge on any atom is 0.333 e. The van der Waals surface area contributed by atoms with E-state index < -0.39 is 60.3 Å². The molecule has 0 aromatic heterocycles. The number of carbonyl (C=O) groups is 6. The van der Waals surface area contributed by atoms with Gasteiger partial charge in [-0.2, -0.15) is 0 Å². The Labute approximate surface area is 238 Å². The molecule has 12 heteroatoms. The van der Waals surface area contributed by atoms with Crippen LogP contribution in [-0.4, -0.2) is 84.5 Å². The Morgan fingerprint density at radius 2 is 1.61 bits per heavy atom. The van der Waals surface area contributed by atoms with E-state index in [0.717, 1.165) is 12.0 Å². The Kier molecular flexibility index (Phi) is 10.8. The Bertz CT molecular complexity index is 1190. The molecular weight excluding hydrogens is 534 g/mol. The zero-order valence-electron chi connectivity index (χ0n) is 23.9. The van der Waals surface area contributed by atoms with E-state index in [0.29, 0.717) is 12.8 Å². The van der Waals surface area contributed by atoms with Crippen LogP contribution in [0.15, 0.2) is 35.9 Å². The fraction of sp³-hybridized carbons (Fsp3) is 0.517. The fourth-order valence-corrected chi connectivity index (χ4v) is 5.07. The minimum atomic E-state index is -1.54. The van der Waals surface area contributed by atoms with Gasteiger partial charge in [-0.3, -0.25) is 24.1 Å². The van der Waals surface area contributed by atoms with Gasteiger partial charge in [-0.05, 0) is 38.0 Å². The largest absolute Gasteiger partial charge is 0.467 e. The summed E-state index contributed by atoms with van der Waals surface area (Å²) in [5.74, 6) is -4.03. The van der Waals surface area contributed by atoms with Gasteiger partial charge < -0.3 is 24.8 Å². The van der Waals surface area contributed by atoms with Crippen LogP contribution in [0.3, 0.4) is 0 Å². The molecular formula is C29H37N3O9. The fourth-order valence-electron chi connectivity index (χ4n) is 5.07. The van der Waals surface area contributed by atoms with Crippen molar-refractivity contribution in [2.75, 3.05) is 13.7 Å². The monoisotopic (exact) mass is 571 g/mol. The summed E-state index contributed by atoms with van der Waals surface area (Å²) in [4.78, 5) is 77.8. The van der Waals surface area contributed by atoms with Gasteiger partial charge in [0.2, 0.25) is 11.8 Å². The van der Waals surface area contributed by atoms with Crippen molar-refractivity contribution in [1.29, 1.82) is 0 Å². The Morgan fingerprint density at radius 1 is 1.00 bits per heavy atom. The third-order valence-electron chi connectivity index (χ3n) is 7.10. The second-order valence-corrected chi connectivity index (χ2v) is 9.82. The Morgan fingerprint density at radius 3 is 2.12 bits per heavy atom. The van der Waals surface area contributed by atoms with Gasteiger partial charge in [-0.15, -0.1) is 0 Å². The number of carbonyl (C=O) groups excluding carboxylic acids is 6. The third kappa shape index (κ3) is 7.18. The summed E-state index contributed by atoms with van der Waals surface area (Å²) >= 11 is 0. The molecule has 1 aliphatic carbocycles. The first-order chi connectivity index (χ1) is 19.6. The average Bonchev–Trinajstić information content (AvgIpc) is 3.20. The highest BCUT2D eigenvalue weighted by atomic mass is 16.5. The molecule has 0 spiro atoms. The Hall–Kier alpha value is -4.06. The molecule has 0 radical (unpaired) electrons. The first kappa shape index (κ1) is 31.5. The summed E-state index contributed by atoms with van der Waals surface area (Å²) in [7, 11) is 1.09. The van der Waals surface area contributed by atoms with Gasteiger partial charge in [0.25, 0.3) is 11.8 Å². The minimum absolute atomic E-state index is 0.00814. The normalized spacial score (nSPS) is 20.7. The molecule has 1 aliphatic heterocycles. The van der Waals surface area contributed by atoms with Crippen molar-refractivity contribution in [2.45, 2.75) is 83.7 Å². The van der Waals surface area contributed by atoms with Gasteiger partial charge in [0, 0.05) is 18.9 Å². The molecule has 0 fully saturated rings. The molecule has 0 saturated heterocycles. The maximum atomic E-state index is 13.4. The molecule has 41 heavy (non-hydrogen) atoms. The van der Waals surface area contributed by atoms with Crippen LogP contribution in [-0.2, 0) is 33.4 Å². The van der Waals surface area contributed by atoms with E-state index in [1.165, 1.54) is 19.1 Å². The standard InChI is InChI=1S/C29H37N3O9/c1-6-18(7-2)41-23-14-17(28(37)40-8-3)13-21(25(23)30-16(4)33)31-24(34)15-22(29(38)39-5)32-26(35)19-11-9-10-12-20(19)27(32)36/h9-12,14,18,21-23,25H,6-8,13,15H2,1-5H3,(H,30,33)(H,31,34)/t21-,22?,23+,25+/m0/s1. The van der Waals surface area contributed by atoms with Crippen molar-refractivity contribution < 1.29 is 43.0 Å². The predicted octanol–water partition coefficient (Wildman–Crippen LogP) is 1.67. The molecule has 0 saturated carbocycles. The van der Waals surface area contributed by atoms with Gasteiger partial charge >= 0.3 is 11.9 Å². The molecule has 4 amide bonds. The van der Waals surface area contributed by atoms with Crippen molar-refractivity contribution in [2.24, 2.45) is 0 Å². The highest BCUT2D eigenvalue weighted by molar-refractivity contribution is 6.22. The SMILES string of the molecule is CCOC(=O)C1=C[C@@H](OC(CC)CC)[C@H](NC(C)=O)[C@@H](NC(=O)CC(C(=O)OC)N2C(=O)c3ccccc3C2=O)C1. The summed E-state index contributed by atoms with van der Waals surface area (Å²) in [6.07, 6.45) is 1.43. The number of amides is 4. The van der Waals surface area contributed by atoms with E-state index in [2.05, 4.69) is 10.6 Å². The van der Waals surface area contributed by atoms with Crippen LogP contribution < -0.4 is 10.6 Å². The summed E-state index contributed by atoms with van der Waals surface area (Å²) in [5.41, 5.74) is 0.505. The molecule has 2 N–H and O–H groups in total. The van der Waals surface area contributed by atoms with Gasteiger partial charge in [0.05, 0.1) is 55.6 Å². The summed E-state index contributed by atoms with van der Waals surface area (Å²) in [6.45, 7) is 7.04. The van der Waals surface area contributed by atoms with E-state index in [1.54, 1.807) is 25.1 Å². The van der Waals surface area contributed by atoms with E-state index >= 15 is 0 Å². The second-order valence-electron chi connectivity index (χ2n) is 9.82. The lowest BCUT2D eigenvalue weighted by Crippen LogP contribution is -2.60. The van der Waals surface area contributed by atoms with Crippen molar-refractivity contribution >= 4 is 35.6 Å². The van der Waals surface area contributed by atoms with Crippen LogP contribution in [0, 0.1) is 0 Å². The smallest absolute Gasteiger partial charge is 0.333 e. The molecule has 12 nitrogen and oxygen atoms in total. The highest BCUT2D eigenvalue weighted by Gasteiger charge is 2.45. The molecule has 3 rings (SSSR count). The average molecular weight is 572 g/mol. The van der Waals surface area contributed by atoms with Gasteiger partial charge in [0.15, 0.2) is 0 Å². The molecule has 1 heterocycles. The van der Waals surface area contributed by atoms with E-state index in [9.17, 15) is 28.8 Å². The molecule has 0 bridgehead atoms. The topological polar surface area (TPSA) is 157 Å². The summed E-state index contributed by atoms with van der Waals surface area (Å²) in [6, 6.07) is 2.98. The lowest BCUT2D eigenvalue weighted by atomic mass is 9.87. The second kappa shape index (κ2) is 14.0. The first-order valence-electron chi connectivity index (χ1n) is 13.7. The van der Waals surface area contributed by atoms with E-state index in [-0.39, 0.29) is 41.7 Å². The van der Waals surface area contributed by atoms with Gasteiger partial charge in [-0.1, -0.05) is 26.0 Å². The molecule has 1 aromatic carbocycles. The summed E-state index contributed by atoms with van der Waals surface area (Å²) < 4.78 is 16.3. The van der Waals surface area contributed by atoms with Crippen molar-refractivity contribution in [3.05, 3.63) is 47.0 Å². The molecule has 2 aliphatic rings. The van der Waals surface area contributed by atoms with Crippen LogP contribution in [0.5, 0.6) is 0 Å². The predicted molar refractivity (Wildman–Crippen MR) is 145 cm³/mol. The van der Waals surface area contributed by atoms with Crippen LogP contribution in [0.25, 0.3) is 0 Å². The third-order valence-corrected chi connectivity index (χ3v) is 7.10. The molecule has 1 unspecified atom stereocenters. The van der Waals surface area contributed by atoms with Crippen LogP contribution >= 0.6 is 0 Å². The van der Waals surface area contributed by atoms with E-state index in [4.69, 9.17) is 14.2 Å². The molecule has 1 aromatic rings. The van der Waals surface area contributed by atoms with Crippen molar-refractivity contribution in [3.8, 4) is 0 Å². The number of nitrogens with one attached hydrogen (secondary N) is 2. The quantitative estimate of drug-likeness (QED) is 0.281. The number of nitrogens with zero attached hydrogens (tertiary/aromatic N) is 1. The van der Waals surface area contributed by atoms with Crippen LogP contribution in [0.1, 0.15) is 74.1 Å². The number of hydrogen-bond donors (Lipinski definition) is 2. The first-order valence-corrected chi connectivity index (χ1v) is 13.7. The minimum Gasteiger partial charge on any atom is -0.467 e. The zero-order chi connectivity index (χ0) is 30.3.